The zero-order valence-corrected chi connectivity index (χ0v) is 18.9. The van der Waals surface area contributed by atoms with Crippen molar-refractivity contribution in [3.05, 3.63) is 59.7 Å². The second kappa shape index (κ2) is 10.4. The zero-order valence-electron chi connectivity index (χ0n) is 18.9. The highest BCUT2D eigenvalue weighted by atomic mass is 16.5. The second-order valence-corrected chi connectivity index (χ2v) is 8.86. The number of fused-ring (bicyclic) bond motifs is 3. The molecular weight excluding hydrogens is 432 g/mol. The van der Waals surface area contributed by atoms with Gasteiger partial charge in [-0.05, 0) is 46.9 Å². The maximum Gasteiger partial charge on any atom is 0.407 e. The number of ether oxygens (including phenoxy) is 1. The highest BCUT2D eigenvalue weighted by molar-refractivity contribution is 5.82. The monoisotopic (exact) mass is 460 g/mol. The molecule has 7 nitrogen and oxygen atoms in total. The third-order valence-corrected chi connectivity index (χ3v) is 6.54. The lowest BCUT2D eigenvalue weighted by Crippen LogP contribution is -2.39. The first-order valence-corrected chi connectivity index (χ1v) is 11.5. The molecule has 0 bridgehead atoms. The fourth-order valence-corrected chi connectivity index (χ4v) is 4.70. The van der Waals surface area contributed by atoms with Gasteiger partial charge in [0, 0.05) is 18.9 Å². The number of hydrogen-bond acceptors (Lipinski definition) is 4. The standard InChI is InChI=1S/C27H28N2O5/c1-2-13-29(16-26(31)32)25(30)14-19(18-11-12-18)15-28-27(33)34-17-24-22-9-5-3-7-20(22)21-8-4-6-10-23(21)24/h1,3-10,18-19,24H,11-17H2,(H,28,33)(H,31,32). The highest BCUT2D eigenvalue weighted by Crippen LogP contribution is 2.44. The first-order valence-electron chi connectivity index (χ1n) is 11.5. The highest BCUT2D eigenvalue weighted by Gasteiger charge is 2.34. The van der Waals surface area contributed by atoms with Gasteiger partial charge in [-0.3, -0.25) is 9.59 Å². The van der Waals surface area contributed by atoms with E-state index in [1.807, 2.05) is 24.3 Å². The molecule has 1 atom stereocenters. The molecule has 2 aromatic rings. The van der Waals surface area contributed by atoms with Crippen LogP contribution in [-0.2, 0) is 14.3 Å². The Labute approximate surface area is 199 Å². The van der Waals surface area contributed by atoms with Gasteiger partial charge >= 0.3 is 12.1 Å². The van der Waals surface area contributed by atoms with Crippen LogP contribution in [0.1, 0.15) is 36.3 Å². The number of carbonyl (C=O) groups is 3. The largest absolute Gasteiger partial charge is 0.480 e. The van der Waals surface area contributed by atoms with E-state index in [-0.39, 0.29) is 37.3 Å². The smallest absolute Gasteiger partial charge is 0.407 e. The van der Waals surface area contributed by atoms with Crippen LogP contribution in [0, 0.1) is 24.2 Å². The van der Waals surface area contributed by atoms with Gasteiger partial charge in [-0.15, -0.1) is 6.42 Å². The molecule has 0 saturated heterocycles. The SMILES string of the molecule is C#CCN(CC(=O)O)C(=O)CC(CNC(=O)OCC1c2ccccc2-c2ccccc21)C1CC1. The van der Waals surface area contributed by atoms with E-state index in [2.05, 4.69) is 35.5 Å². The number of nitrogens with one attached hydrogen (secondary N) is 1. The van der Waals surface area contributed by atoms with Crippen LogP contribution >= 0.6 is 0 Å². The van der Waals surface area contributed by atoms with Crippen LogP contribution in [0.4, 0.5) is 4.79 Å². The minimum atomic E-state index is -1.11. The van der Waals surface area contributed by atoms with Crippen LogP contribution in [-0.4, -0.2) is 54.2 Å². The minimum absolute atomic E-state index is 0.0210. The lowest BCUT2D eigenvalue weighted by Gasteiger charge is -2.22. The Kier molecular flexibility index (Phi) is 7.17. The molecule has 0 aliphatic heterocycles. The normalized spacial score (nSPS) is 14.9. The lowest BCUT2D eigenvalue weighted by molar-refractivity contribution is -0.144. The molecule has 0 spiro atoms. The van der Waals surface area contributed by atoms with Gasteiger partial charge in [0.25, 0.3) is 0 Å². The van der Waals surface area contributed by atoms with Crippen LogP contribution in [0.3, 0.4) is 0 Å². The molecule has 0 radical (unpaired) electrons. The van der Waals surface area contributed by atoms with Crippen LogP contribution in [0.15, 0.2) is 48.5 Å². The molecular formula is C27H28N2O5. The molecule has 176 valence electrons. The van der Waals surface area contributed by atoms with Crippen molar-refractivity contribution in [2.45, 2.75) is 25.2 Å². The van der Waals surface area contributed by atoms with Crippen molar-refractivity contribution >= 4 is 18.0 Å². The molecule has 1 saturated carbocycles. The van der Waals surface area contributed by atoms with E-state index in [9.17, 15) is 14.4 Å². The molecule has 1 unspecified atom stereocenters. The third kappa shape index (κ3) is 5.40. The predicted molar refractivity (Wildman–Crippen MR) is 127 cm³/mol. The van der Waals surface area contributed by atoms with E-state index in [1.165, 1.54) is 0 Å². The van der Waals surface area contributed by atoms with Crippen molar-refractivity contribution in [3.63, 3.8) is 0 Å². The molecule has 7 heteroatoms. The third-order valence-electron chi connectivity index (χ3n) is 6.54. The summed E-state index contributed by atoms with van der Waals surface area (Å²) in [5, 5.41) is 11.8. The molecule has 2 aromatic carbocycles. The number of hydrogen-bond donors (Lipinski definition) is 2. The summed E-state index contributed by atoms with van der Waals surface area (Å²) in [7, 11) is 0. The average molecular weight is 461 g/mol. The van der Waals surface area contributed by atoms with Gasteiger partial charge in [-0.25, -0.2) is 4.79 Å². The first-order chi connectivity index (χ1) is 16.5. The van der Waals surface area contributed by atoms with Crippen molar-refractivity contribution in [2.24, 2.45) is 11.8 Å². The molecule has 2 aliphatic rings. The van der Waals surface area contributed by atoms with Crippen molar-refractivity contribution in [2.75, 3.05) is 26.2 Å². The molecule has 2 N–H and O–H groups in total. The number of alkyl carbamates (subject to hydrolysis) is 1. The van der Waals surface area contributed by atoms with Gasteiger partial charge in [0.05, 0.1) is 6.54 Å². The summed E-state index contributed by atoms with van der Waals surface area (Å²) in [6, 6.07) is 16.3. The summed E-state index contributed by atoms with van der Waals surface area (Å²) in [6.45, 7) is 0.0358. The van der Waals surface area contributed by atoms with E-state index in [0.717, 1.165) is 40.0 Å². The van der Waals surface area contributed by atoms with Gasteiger partial charge in [0.2, 0.25) is 5.91 Å². The van der Waals surface area contributed by atoms with E-state index in [1.54, 1.807) is 0 Å². The summed E-state index contributed by atoms with van der Waals surface area (Å²) >= 11 is 0. The molecule has 0 heterocycles. The number of terminal acetylenes is 1. The molecule has 0 aromatic heterocycles. The summed E-state index contributed by atoms with van der Waals surface area (Å²) < 4.78 is 5.58. The Bertz CT molecular complexity index is 1070. The van der Waals surface area contributed by atoms with Gasteiger partial charge in [-0.1, -0.05) is 54.5 Å². The van der Waals surface area contributed by atoms with Crippen molar-refractivity contribution in [1.29, 1.82) is 0 Å². The molecule has 1 fully saturated rings. The van der Waals surface area contributed by atoms with Crippen molar-refractivity contribution < 1.29 is 24.2 Å². The number of carbonyl (C=O) groups excluding carboxylic acids is 2. The maximum atomic E-state index is 12.6. The number of aliphatic carboxylic acids is 1. The summed E-state index contributed by atoms with van der Waals surface area (Å²) in [5.41, 5.74) is 4.62. The number of carboxylic acids is 1. The van der Waals surface area contributed by atoms with E-state index in [0.29, 0.717) is 12.5 Å². The number of rotatable bonds is 10. The molecule has 4 rings (SSSR count). The zero-order chi connectivity index (χ0) is 24.1. The van der Waals surface area contributed by atoms with Crippen LogP contribution in [0.5, 0.6) is 0 Å². The predicted octanol–water partition coefficient (Wildman–Crippen LogP) is 3.49. The number of carboxylic acid groups (broad SMARTS) is 1. The fourth-order valence-electron chi connectivity index (χ4n) is 4.70. The maximum absolute atomic E-state index is 12.6. The Morgan fingerprint density at radius 3 is 2.26 bits per heavy atom. The average Bonchev–Trinajstić information content (AvgIpc) is 3.62. The van der Waals surface area contributed by atoms with E-state index in [4.69, 9.17) is 16.3 Å². The summed E-state index contributed by atoms with van der Waals surface area (Å²) in [4.78, 5) is 37.3. The Hall–Kier alpha value is -3.79. The van der Waals surface area contributed by atoms with E-state index < -0.39 is 18.6 Å². The Morgan fingerprint density at radius 2 is 1.71 bits per heavy atom. The van der Waals surface area contributed by atoms with Crippen LogP contribution in [0.2, 0.25) is 0 Å². The van der Waals surface area contributed by atoms with E-state index >= 15 is 0 Å². The minimum Gasteiger partial charge on any atom is -0.480 e. The van der Waals surface area contributed by atoms with Gasteiger partial charge in [0.1, 0.15) is 13.2 Å². The second-order valence-electron chi connectivity index (χ2n) is 8.86. The number of amides is 2. The summed E-state index contributed by atoms with van der Waals surface area (Å²) in [6.07, 6.45) is 6.87. The quantitative estimate of drug-likeness (QED) is 0.529. The number of nitrogens with zero attached hydrogens (tertiary/aromatic N) is 1. The number of benzene rings is 2. The van der Waals surface area contributed by atoms with Gasteiger partial charge in [-0.2, -0.15) is 0 Å². The van der Waals surface area contributed by atoms with Crippen molar-refractivity contribution in [3.8, 4) is 23.5 Å². The molecule has 2 amide bonds. The lowest BCUT2D eigenvalue weighted by atomic mass is 9.98. The molecule has 34 heavy (non-hydrogen) atoms. The van der Waals surface area contributed by atoms with Gasteiger partial charge < -0.3 is 20.1 Å². The Balaban J connectivity index is 1.32. The van der Waals surface area contributed by atoms with Gasteiger partial charge in [0.15, 0.2) is 0 Å². The topological polar surface area (TPSA) is 95.9 Å². The Morgan fingerprint density at radius 1 is 1.09 bits per heavy atom. The first kappa shape index (κ1) is 23.4. The van der Waals surface area contributed by atoms with Crippen molar-refractivity contribution in [1.82, 2.24) is 10.2 Å². The molecule has 2 aliphatic carbocycles. The fraction of sp³-hybridized carbons (Fsp3) is 0.370. The van der Waals surface area contributed by atoms with Crippen LogP contribution in [0.25, 0.3) is 11.1 Å². The van der Waals surface area contributed by atoms with Crippen LogP contribution < -0.4 is 5.32 Å². The summed E-state index contributed by atoms with van der Waals surface area (Å²) in [5.74, 6) is 1.14.